The molecule has 0 saturated carbocycles. The van der Waals surface area contributed by atoms with E-state index in [2.05, 4.69) is 55.4 Å². The summed E-state index contributed by atoms with van der Waals surface area (Å²) in [4.78, 5) is 0. The minimum atomic E-state index is -0.721. The second-order valence-electron chi connectivity index (χ2n) is 7.65. The highest BCUT2D eigenvalue weighted by Crippen LogP contribution is 2.63. The molecule has 0 spiro atoms. The lowest BCUT2D eigenvalue weighted by Crippen LogP contribution is -2.22. The average molecular weight is 259 g/mol. The van der Waals surface area contributed by atoms with E-state index in [1.807, 2.05) is 0 Å². The van der Waals surface area contributed by atoms with Crippen molar-refractivity contribution in [3.63, 3.8) is 0 Å². The zero-order valence-electron chi connectivity index (χ0n) is 13.6. The Bertz CT molecular complexity index is 146. The molecular weight excluding hydrogens is 223 g/mol. The molecule has 0 radical (unpaired) electrons. The summed E-state index contributed by atoms with van der Waals surface area (Å²) in [5.41, 5.74) is 0. The quantitative estimate of drug-likeness (QED) is 0.496. The van der Waals surface area contributed by atoms with Crippen LogP contribution in [-0.2, 0) is 0 Å². The maximum atomic E-state index is 2.41. The first kappa shape index (κ1) is 17.4. The molecule has 0 atom stereocenters. The van der Waals surface area contributed by atoms with Crippen LogP contribution in [0, 0.1) is 23.7 Å². The summed E-state index contributed by atoms with van der Waals surface area (Å²) in [5, 5.41) is 0. The highest BCUT2D eigenvalue weighted by molar-refractivity contribution is 7.75. The van der Waals surface area contributed by atoms with Crippen molar-refractivity contribution in [3.8, 4) is 0 Å². The van der Waals surface area contributed by atoms with Gasteiger partial charge in [0.1, 0.15) is 0 Å². The topological polar surface area (TPSA) is 0 Å². The van der Waals surface area contributed by atoms with Crippen LogP contribution in [0.3, 0.4) is 0 Å². The van der Waals surface area contributed by atoms with Crippen LogP contribution >= 0.6 is 7.26 Å². The van der Waals surface area contributed by atoms with E-state index in [1.54, 1.807) is 0 Å². The second kappa shape index (κ2) is 7.78. The fourth-order valence-corrected chi connectivity index (χ4v) is 10.6. The van der Waals surface area contributed by atoms with Gasteiger partial charge in [-0.15, -0.1) is 0 Å². The fourth-order valence-electron chi connectivity index (χ4n) is 3.55. The third-order valence-corrected chi connectivity index (χ3v) is 9.03. The van der Waals surface area contributed by atoms with Gasteiger partial charge in [-0.2, -0.15) is 0 Å². The van der Waals surface area contributed by atoms with Crippen molar-refractivity contribution in [3.05, 3.63) is 0 Å². The molecule has 0 bridgehead atoms. The Labute approximate surface area is 111 Å². The molecule has 104 valence electrons. The summed E-state index contributed by atoms with van der Waals surface area (Å²) >= 11 is 0. The third-order valence-electron chi connectivity index (χ3n) is 3.01. The largest absolute Gasteiger partial charge is 0.0617 e. The zero-order valence-corrected chi connectivity index (χ0v) is 14.5. The Morgan fingerprint density at radius 1 is 0.471 bits per heavy atom. The van der Waals surface area contributed by atoms with Crippen molar-refractivity contribution < 1.29 is 0 Å². The molecule has 0 fully saturated rings. The van der Waals surface area contributed by atoms with Gasteiger partial charge in [-0.1, -0.05) is 55.4 Å². The highest BCUT2D eigenvalue weighted by atomic mass is 31.2. The predicted octanol–water partition coefficient (Wildman–Crippen LogP) is 5.63. The summed E-state index contributed by atoms with van der Waals surface area (Å²) in [7, 11) is -0.721. The fraction of sp³-hybridized carbons (Fsp3) is 1.00. The number of hydrogen-bond acceptors (Lipinski definition) is 0. The maximum Gasteiger partial charge on any atom is 0.0617 e. The zero-order chi connectivity index (χ0) is 13.6. The molecule has 0 aromatic rings. The molecule has 0 saturated heterocycles. The van der Waals surface area contributed by atoms with Gasteiger partial charge in [-0.3, -0.25) is 0 Å². The van der Waals surface area contributed by atoms with Crippen molar-refractivity contribution in [2.45, 2.75) is 55.4 Å². The van der Waals surface area contributed by atoms with E-state index < -0.39 is 7.26 Å². The summed E-state index contributed by atoms with van der Waals surface area (Å²) < 4.78 is 0. The van der Waals surface area contributed by atoms with Crippen LogP contribution in [0.1, 0.15) is 55.4 Å². The molecule has 0 aromatic heterocycles. The number of hydrogen-bond donors (Lipinski definition) is 0. The van der Waals surface area contributed by atoms with Crippen LogP contribution in [0.4, 0.5) is 0 Å². The standard InChI is InChI=1S/C16H36P/c1-13(2)9-17(10-14(3)4,11-15(5)6)12-16(7)8/h13-16H,9-12H2,1-8H3/q+1. The molecule has 0 aliphatic rings. The lowest BCUT2D eigenvalue weighted by molar-refractivity contribution is 0.662. The van der Waals surface area contributed by atoms with E-state index in [9.17, 15) is 0 Å². The Kier molecular flexibility index (Phi) is 7.97. The van der Waals surface area contributed by atoms with Gasteiger partial charge in [0.2, 0.25) is 0 Å². The SMILES string of the molecule is CC(C)C[P+](CC(C)C)(CC(C)C)CC(C)C. The molecule has 0 amide bonds. The van der Waals surface area contributed by atoms with Gasteiger partial charge in [0.05, 0.1) is 24.6 Å². The van der Waals surface area contributed by atoms with Gasteiger partial charge >= 0.3 is 0 Å². The molecule has 0 N–H and O–H groups in total. The normalized spacial score (nSPS) is 13.4. The lowest BCUT2D eigenvalue weighted by atomic mass is 10.2. The van der Waals surface area contributed by atoms with Crippen molar-refractivity contribution in [1.82, 2.24) is 0 Å². The van der Waals surface area contributed by atoms with Gasteiger partial charge in [-0.05, 0) is 23.7 Å². The first-order valence-corrected chi connectivity index (χ1v) is 10.0. The van der Waals surface area contributed by atoms with Crippen molar-refractivity contribution in [2.24, 2.45) is 23.7 Å². The van der Waals surface area contributed by atoms with Crippen molar-refractivity contribution in [2.75, 3.05) is 24.6 Å². The van der Waals surface area contributed by atoms with Crippen LogP contribution in [0.2, 0.25) is 0 Å². The molecule has 0 rings (SSSR count). The summed E-state index contributed by atoms with van der Waals surface area (Å²) in [6.45, 7) is 19.3. The lowest BCUT2D eigenvalue weighted by Gasteiger charge is -2.33. The van der Waals surface area contributed by atoms with Crippen molar-refractivity contribution in [1.29, 1.82) is 0 Å². The first-order chi connectivity index (χ1) is 7.67. The monoisotopic (exact) mass is 259 g/mol. The molecule has 0 aliphatic carbocycles. The molecule has 0 aromatic carbocycles. The molecule has 0 nitrogen and oxygen atoms in total. The minimum absolute atomic E-state index is 0.721. The van der Waals surface area contributed by atoms with Gasteiger partial charge in [0.25, 0.3) is 0 Å². The summed E-state index contributed by atoms with van der Waals surface area (Å²) in [5.74, 6) is 3.50. The molecular formula is C16H36P+. The molecule has 0 unspecified atom stereocenters. The Hall–Kier alpha value is 0.430. The molecule has 0 heterocycles. The van der Waals surface area contributed by atoms with E-state index in [-0.39, 0.29) is 0 Å². The van der Waals surface area contributed by atoms with Gasteiger partial charge in [-0.25, -0.2) is 0 Å². The number of rotatable bonds is 8. The van der Waals surface area contributed by atoms with E-state index in [0.29, 0.717) is 0 Å². The Morgan fingerprint density at radius 3 is 0.765 bits per heavy atom. The van der Waals surface area contributed by atoms with Gasteiger partial charge in [0.15, 0.2) is 0 Å². The third kappa shape index (κ3) is 8.20. The van der Waals surface area contributed by atoms with E-state index >= 15 is 0 Å². The molecule has 0 aliphatic heterocycles. The van der Waals surface area contributed by atoms with Crippen molar-refractivity contribution >= 4 is 7.26 Å². The smallest absolute Gasteiger partial charge is 0.0593 e. The average Bonchev–Trinajstić information content (AvgIpc) is 1.95. The van der Waals surface area contributed by atoms with E-state index in [0.717, 1.165) is 23.7 Å². The van der Waals surface area contributed by atoms with Crippen LogP contribution in [0.5, 0.6) is 0 Å². The molecule has 1 heteroatoms. The van der Waals surface area contributed by atoms with E-state index in [1.165, 1.54) is 24.6 Å². The first-order valence-electron chi connectivity index (χ1n) is 7.52. The van der Waals surface area contributed by atoms with Crippen LogP contribution in [-0.4, -0.2) is 24.6 Å². The van der Waals surface area contributed by atoms with Crippen LogP contribution in [0.15, 0.2) is 0 Å². The van der Waals surface area contributed by atoms with Crippen LogP contribution in [0.25, 0.3) is 0 Å². The minimum Gasteiger partial charge on any atom is -0.0593 e. The van der Waals surface area contributed by atoms with Gasteiger partial charge in [0, 0.05) is 7.26 Å². The van der Waals surface area contributed by atoms with E-state index in [4.69, 9.17) is 0 Å². The molecule has 17 heavy (non-hydrogen) atoms. The Morgan fingerprint density at radius 2 is 0.647 bits per heavy atom. The summed E-state index contributed by atoms with van der Waals surface area (Å²) in [6.07, 6.45) is 6.06. The second-order valence-corrected chi connectivity index (χ2v) is 11.8. The predicted molar refractivity (Wildman–Crippen MR) is 85.7 cm³/mol. The Balaban J connectivity index is 4.89. The maximum absolute atomic E-state index is 2.41. The van der Waals surface area contributed by atoms with Gasteiger partial charge < -0.3 is 0 Å². The summed E-state index contributed by atoms with van der Waals surface area (Å²) in [6, 6.07) is 0. The highest BCUT2D eigenvalue weighted by Gasteiger charge is 2.39. The van der Waals surface area contributed by atoms with Crippen LogP contribution < -0.4 is 0 Å².